The zero-order valence-corrected chi connectivity index (χ0v) is 14.6. The molecule has 2 rings (SSSR count). The van der Waals surface area contributed by atoms with Gasteiger partial charge in [-0.15, -0.1) is 0 Å². The largest absolute Gasteiger partial charge is 0.493 e. The van der Waals surface area contributed by atoms with Gasteiger partial charge in [0.15, 0.2) is 11.5 Å². The number of methoxy groups -OCH3 is 3. The van der Waals surface area contributed by atoms with Crippen LogP contribution in [0.4, 0.5) is 0 Å². The predicted molar refractivity (Wildman–Crippen MR) is 87.2 cm³/mol. The summed E-state index contributed by atoms with van der Waals surface area (Å²) in [6.07, 6.45) is 2.03. The van der Waals surface area contributed by atoms with E-state index in [1.807, 2.05) is 0 Å². The Balaban J connectivity index is 2.31. The van der Waals surface area contributed by atoms with Crippen LogP contribution in [-0.2, 0) is 0 Å². The molecular formula is C15H21BrN2O4. The number of rotatable bonds is 5. The van der Waals surface area contributed by atoms with Gasteiger partial charge in [-0.1, -0.05) is 0 Å². The Morgan fingerprint density at radius 3 is 2.55 bits per heavy atom. The van der Waals surface area contributed by atoms with E-state index in [1.165, 1.54) is 21.3 Å². The third kappa shape index (κ3) is 3.47. The van der Waals surface area contributed by atoms with Crippen LogP contribution in [-0.4, -0.2) is 46.4 Å². The van der Waals surface area contributed by atoms with Crippen LogP contribution < -0.4 is 24.8 Å². The fraction of sp³-hybridized carbons (Fsp3) is 0.533. The Kier molecular flexibility index (Phi) is 5.90. The van der Waals surface area contributed by atoms with Crippen LogP contribution in [0.5, 0.6) is 17.2 Å². The summed E-state index contributed by atoms with van der Waals surface area (Å²) >= 11 is 3.42. The molecule has 7 heteroatoms. The van der Waals surface area contributed by atoms with Crippen LogP contribution in [0, 0.1) is 0 Å². The predicted octanol–water partition coefficient (Wildman–Crippen LogP) is 1.96. The van der Waals surface area contributed by atoms with Crippen molar-refractivity contribution in [3.05, 3.63) is 16.1 Å². The minimum atomic E-state index is -0.167. The normalized spacial score (nSPS) is 17.7. The number of halogens is 1. The number of benzene rings is 1. The summed E-state index contributed by atoms with van der Waals surface area (Å²) in [6, 6.07) is 1.78. The Morgan fingerprint density at radius 1 is 1.27 bits per heavy atom. The van der Waals surface area contributed by atoms with Gasteiger partial charge in [-0.2, -0.15) is 0 Å². The molecule has 0 saturated carbocycles. The Hall–Kier alpha value is -1.47. The van der Waals surface area contributed by atoms with Crippen LogP contribution in [0.1, 0.15) is 23.2 Å². The number of hydrogen-bond donors (Lipinski definition) is 2. The van der Waals surface area contributed by atoms with E-state index in [4.69, 9.17) is 14.2 Å². The highest BCUT2D eigenvalue weighted by atomic mass is 79.9. The zero-order chi connectivity index (χ0) is 16.1. The molecule has 1 aliphatic heterocycles. The minimum Gasteiger partial charge on any atom is -0.493 e. The number of hydrogen-bond acceptors (Lipinski definition) is 5. The standard InChI is InChI=1S/C15H21BrN2O4/c1-20-11-7-10(12(16)14(22-3)13(11)21-2)15(19)18-9-5-4-6-17-8-9/h7,9,17H,4-6,8H2,1-3H3,(H,18,19). The number of piperidine rings is 1. The van der Waals surface area contributed by atoms with E-state index in [0.717, 1.165) is 25.9 Å². The van der Waals surface area contributed by atoms with Crippen LogP contribution in [0.15, 0.2) is 10.5 Å². The lowest BCUT2D eigenvalue weighted by molar-refractivity contribution is 0.0929. The Bertz CT molecular complexity index is 545. The van der Waals surface area contributed by atoms with Crippen molar-refractivity contribution < 1.29 is 19.0 Å². The molecule has 0 bridgehead atoms. The van der Waals surface area contributed by atoms with Gasteiger partial charge in [-0.05, 0) is 41.4 Å². The fourth-order valence-corrected chi connectivity index (χ4v) is 3.16. The van der Waals surface area contributed by atoms with Gasteiger partial charge in [0, 0.05) is 12.6 Å². The van der Waals surface area contributed by atoms with Crippen molar-refractivity contribution in [1.82, 2.24) is 10.6 Å². The Labute approximate surface area is 138 Å². The van der Waals surface area contributed by atoms with E-state index in [1.54, 1.807) is 6.07 Å². The maximum absolute atomic E-state index is 12.5. The number of nitrogens with one attached hydrogen (secondary N) is 2. The van der Waals surface area contributed by atoms with Gasteiger partial charge in [-0.3, -0.25) is 4.79 Å². The van der Waals surface area contributed by atoms with E-state index in [2.05, 4.69) is 26.6 Å². The molecule has 1 saturated heterocycles. The molecule has 1 aromatic rings. The highest BCUT2D eigenvalue weighted by Gasteiger charge is 2.24. The average Bonchev–Trinajstić information content (AvgIpc) is 2.54. The molecular weight excluding hydrogens is 352 g/mol. The maximum Gasteiger partial charge on any atom is 0.252 e. The van der Waals surface area contributed by atoms with E-state index in [0.29, 0.717) is 27.3 Å². The fourth-order valence-electron chi connectivity index (χ4n) is 2.52. The van der Waals surface area contributed by atoms with E-state index in [-0.39, 0.29) is 11.9 Å². The SMILES string of the molecule is COc1cc(C(=O)NC2CCCNC2)c(Br)c(OC)c1OC. The van der Waals surface area contributed by atoms with Crippen LogP contribution in [0.3, 0.4) is 0 Å². The van der Waals surface area contributed by atoms with Crippen molar-refractivity contribution in [3.63, 3.8) is 0 Å². The molecule has 0 aliphatic carbocycles. The van der Waals surface area contributed by atoms with Crippen LogP contribution in [0.25, 0.3) is 0 Å². The summed E-state index contributed by atoms with van der Waals surface area (Å²) in [6.45, 7) is 1.79. The molecule has 1 atom stereocenters. The second kappa shape index (κ2) is 7.69. The molecule has 1 amide bonds. The lowest BCUT2D eigenvalue weighted by atomic mass is 10.1. The minimum absolute atomic E-state index is 0.132. The smallest absolute Gasteiger partial charge is 0.252 e. The third-order valence-electron chi connectivity index (χ3n) is 3.65. The molecule has 1 heterocycles. The van der Waals surface area contributed by atoms with Crippen molar-refractivity contribution in [3.8, 4) is 17.2 Å². The summed E-state index contributed by atoms with van der Waals surface area (Å²) in [4.78, 5) is 12.5. The van der Waals surface area contributed by atoms with Crippen LogP contribution in [0.2, 0.25) is 0 Å². The van der Waals surface area contributed by atoms with Gasteiger partial charge >= 0.3 is 0 Å². The number of carbonyl (C=O) groups excluding carboxylic acids is 1. The highest BCUT2D eigenvalue weighted by Crippen LogP contribution is 2.44. The first-order valence-corrected chi connectivity index (χ1v) is 7.91. The topological polar surface area (TPSA) is 68.8 Å². The monoisotopic (exact) mass is 372 g/mol. The average molecular weight is 373 g/mol. The second-order valence-corrected chi connectivity index (χ2v) is 5.82. The number of carbonyl (C=O) groups is 1. The van der Waals surface area contributed by atoms with Crippen molar-refractivity contribution in [2.24, 2.45) is 0 Å². The molecule has 0 spiro atoms. The molecule has 0 aromatic heterocycles. The molecule has 1 aliphatic rings. The van der Waals surface area contributed by atoms with Gasteiger partial charge in [0.2, 0.25) is 5.75 Å². The molecule has 1 aromatic carbocycles. The van der Waals surface area contributed by atoms with Crippen molar-refractivity contribution in [2.45, 2.75) is 18.9 Å². The number of amides is 1. The molecule has 1 fully saturated rings. The third-order valence-corrected chi connectivity index (χ3v) is 4.43. The van der Waals surface area contributed by atoms with E-state index < -0.39 is 0 Å². The summed E-state index contributed by atoms with van der Waals surface area (Å²) < 4.78 is 16.5. The molecule has 6 nitrogen and oxygen atoms in total. The van der Waals surface area contributed by atoms with E-state index >= 15 is 0 Å². The molecule has 122 valence electrons. The first kappa shape index (κ1) is 16.9. The van der Waals surface area contributed by atoms with E-state index in [9.17, 15) is 4.79 Å². The van der Waals surface area contributed by atoms with Gasteiger partial charge < -0.3 is 24.8 Å². The summed E-state index contributed by atoms with van der Waals surface area (Å²) in [5.41, 5.74) is 0.458. The molecule has 0 radical (unpaired) electrons. The van der Waals surface area contributed by atoms with Gasteiger partial charge in [-0.25, -0.2) is 0 Å². The summed E-state index contributed by atoms with van der Waals surface area (Å²) in [5.74, 6) is 1.18. The van der Waals surface area contributed by atoms with Gasteiger partial charge in [0.1, 0.15) is 0 Å². The molecule has 22 heavy (non-hydrogen) atoms. The second-order valence-electron chi connectivity index (χ2n) is 5.02. The van der Waals surface area contributed by atoms with Crippen molar-refractivity contribution in [2.75, 3.05) is 34.4 Å². The highest BCUT2D eigenvalue weighted by molar-refractivity contribution is 9.10. The first-order valence-electron chi connectivity index (χ1n) is 7.12. The van der Waals surface area contributed by atoms with Gasteiger partial charge in [0.05, 0.1) is 31.4 Å². The molecule has 1 unspecified atom stereocenters. The van der Waals surface area contributed by atoms with Gasteiger partial charge in [0.25, 0.3) is 5.91 Å². The van der Waals surface area contributed by atoms with Crippen molar-refractivity contribution >= 4 is 21.8 Å². The quantitative estimate of drug-likeness (QED) is 0.826. The molecule has 2 N–H and O–H groups in total. The zero-order valence-electron chi connectivity index (χ0n) is 13.0. The summed E-state index contributed by atoms with van der Waals surface area (Å²) in [5, 5.41) is 6.31. The van der Waals surface area contributed by atoms with Crippen molar-refractivity contribution in [1.29, 1.82) is 0 Å². The number of ether oxygens (including phenoxy) is 3. The Morgan fingerprint density at radius 2 is 2.00 bits per heavy atom. The lowest BCUT2D eigenvalue weighted by Gasteiger charge is -2.24. The first-order chi connectivity index (χ1) is 10.6. The van der Waals surface area contributed by atoms with Crippen LogP contribution >= 0.6 is 15.9 Å². The maximum atomic E-state index is 12.5. The summed E-state index contributed by atoms with van der Waals surface area (Å²) in [7, 11) is 4.58. The lowest BCUT2D eigenvalue weighted by Crippen LogP contribution is -2.45.